The number of nitrogens with two attached hydrogens (primary N) is 1. The van der Waals surface area contributed by atoms with Crippen LogP contribution in [-0.2, 0) is 0 Å². The van der Waals surface area contributed by atoms with Gasteiger partial charge in [0.15, 0.2) is 6.10 Å². The number of rotatable bonds is 3. The molecule has 2 rings (SSSR count). The highest BCUT2D eigenvalue weighted by molar-refractivity contribution is 5.84. The van der Waals surface area contributed by atoms with Crippen LogP contribution in [0, 0.1) is 0 Å². The Balaban J connectivity index is 2.46. The molecule has 3 N–H and O–H groups in total. The predicted molar refractivity (Wildman–Crippen MR) is 63.5 cm³/mol. The van der Waals surface area contributed by atoms with Crippen LogP contribution in [0.2, 0.25) is 0 Å². The van der Waals surface area contributed by atoms with Crippen molar-refractivity contribution >= 4 is 16.9 Å². The zero-order valence-corrected chi connectivity index (χ0v) is 9.90. The average molecular weight is 272 g/mol. The second kappa shape index (κ2) is 4.88. The van der Waals surface area contributed by atoms with Gasteiger partial charge < -0.3 is 4.74 Å². The minimum Gasteiger partial charge on any atom is -0.464 e. The van der Waals surface area contributed by atoms with Gasteiger partial charge in [-0.15, -0.1) is 0 Å². The fraction of sp³-hybridized carbons (Fsp3) is 0.273. The first-order valence-corrected chi connectivity index (χ1v) is 5.38. The standard InChI is InChI=1S/C11H11F3N4O/c1-6(11(12,13)14)19-9-7-4-2-3-5-8(7)16-10(17-9)18-15/h2-6H,15H2,1H3,(H,16,17,18). The highest BCUT2D eigenvalue weighted by Crippen LogP contribution is 2.29. The molecule has 1 aromatic heterocycles. The molecule has 0 aliphatic rings. The van der Waals surface area contributed by atoms with Crippen LogP contribution in [0.1, 0.15) is 6.92 Å². The Kier molecular flexibility index (Phi) is 3.43. The maximum Gasteiger partial charge on any atom is 0.425 e. The van der Waals surface area contributed by atoms with E-state index < -0.39 is 12.3 Å². The van der Waals surface area contributed by atoms with E-state index in [4.69, 9.17) is 10.6 Å². The van der Waals surface area contributed by atoms with E-state index in [1.54, 1.807) is 24.3 Å². The van der Waals surface area contributed by atoms with E-state index in [0.717, 1.165) is 6.92 Å². The molecule has 0 saturated heterocycles. The number of hydrazine groups is 1. The van der Waals surface area contributed by atoms with E-state index in [-0.39, 0.29) is 11.8 Å². The Morgan fingerprint density at radius 2 is 1.95 bits per heavy atom. The minimum absolute atomic E-state index is 0.0110. The molecule has 0 aliphatic heterocycles. The fourth-order valence-corrected chi connectivity index (χ4v) is 1.44. The molecule has 1 unspecified atom stereocenters. The van der Waals surface area contributed by atoms with E-state index in [9.17, 15) is 13.2 Å². The Labute approximate surface area is 106 Å². The number of nitrogen functional groups attached to an aromatic ring is 1. The number of nitrogens with zero attached hydrogens (tertiary/aromatic N) is 2. The van der Waals surface area contributed by atoms with Crippen LogP contribution in [0.3, 0.4) is 0 Å². The van der Waals surface area contributed by atoms with Crippen LogP contribution in [0.4, 0.5) is 19.1 Å². The molecule has 0 saturated carbocycles. The topological polar surface area (TPSA) is 73.1 Å². The first kappa shape index (κ1) is 13.3. The number of nitrogens with one attached hydrogen (secondary N) is 1. The molecule has 102 valence electrons. The molecule has 1 heterocycles. The number of hydrogen-bond acceptors (Lipinski definition) is 5. The third-order valence-electron chi connectivity index (χ3n) is 2.45. The van der Waals surface area contributed by atoms with Crippen molar-refractivity contribution < 1.29 is 17.9 Å². The largest absolute Gasteiger partial charge is 0.464 e. The summed E-state index contributed by atoms with van der Waals surface area (Å²) < 4.78 is 42.4. The van der Waals surface area contributed by atoms with Gasteiger partial charge in [-0.3, -0.25) is 5.43 Å². The van der Waals surface area contributed by atoms with Crippen molar-refractivity contribution in [2.24, 2.45) is 5.84 Å². The van der Waals surface area contributed by atoms with Gasteiger partial charge >= 0.3 is 6.18 Å². The van der Waals surface area contributed by atoms with Crippen molar-refractivity contribution in [2.75, 3.05) is 5.43 Å². The van der Waals surface area contributed by atoms with Crippen molar-refractivity contribution in [3.8, 4) is 5.88 Å². The molecule has 0 fully saturated rings. The number of halogens is 3. The fourth-order valence-electron chi connectivity index (χ4n) is 1.44. The van der Waals surface area contributed by atoms with Gasteiger partial charge in [-0.2, -0.15) is 18.2 Å². The monoisotopic (exact) mass is 272 g/mol. The lowest BCUT2D eigenvalue weighted by molar-refractivity contribution is -0.189. The highest BCUT2D eigenvalue weighted by atomic mass is 19.4. The smallest absolute Gasteiger partial charge is 0.425 e. The van der Waals surface area contributed by atoms with Gasteiger partial charge in [0.1, 0.15) is 0 Å². The summed E-state index contributed by atoms with van der Waals surface area (Å²) in [6.45, 7) is 0.909. The molecule has 1 atom stereocenters. The molecular weight excluding hydrogens is 261 g/mol. The quantitative estimate of drug-likeness (QED) is 0.662. The van der Waals surface area contributed by atoms with E-state index >= 15 is 0 Å². The molecule has 1 aromatic carbocycles. The number of para-hydroxylation sites is 1. The summed E-state index contributed by atoms with van der Waals surface area (Å²) in [4.78, 5) is 7.82. The molecule has 0 bridgehead atoms. The van der Waals surface area contributed by atoms with Gasteiger partial charge in [0.2, 0.25) is 11.8 Å². The van der Waals surface area contributed by atoms with Crippen LogP contribution in [0.15, 0.2) is 24.3 Å². The lowest BCUT2D eigenvalue weighted by Gasteiger charge is -2.18. The zero-order chi connectivity index (χ0) is 14.0. The number of ether oxygens (including phenoxy) is 1. The second-order valence-corrected chi connectivity index (χ2v) is 3.82. The summed E-state index contributed by atoms with van der Waals surface area (Å²) in [5.74, 6) is 5.00. The lowest BCUT2D eigenvalue weighted by Crippen LogP contribution is -2.31. The molecule has 2 aromatic rings. The Hall–Kier alpha value is -2.09. The zero-order valence-electron chi connectivity index (χ0n) is 9.90. The van der Waals surface area contributed by atoms with Crippen molar-refractivity contribution in [3.63, 3.8) is 0 Å². The van der Waals surface area contributed by atoms with Gasteiger partial charge in [-0.25, -0.2) is 10.8 Å². The lowest BCUT2D eigenvalue weighted by atomic mass is 10.2. The second-order valence-electron chi connectivity index (χ2n) is 3.82. The van der Waals surface area contributed by atoms with Crippen molar-refractivity contribution in [1.82, 2.24) is 9.97 Å². The molecular formula is C11H11F3N4O. The number of hydrogen-bond donors (Lipinski definition) is 2. The molecule has 0 radical (unpaired) electrons. The minimum atomic E-state index is -4.47. The van der Waals surface area contributed by atoms with Gasteiger partial charge in [0.05, 0.1) is 10.9 Å². The summed E-state index contributed by atoms with van der Waals surface area (Å²) in [5, 5.41) is 0.387. The Morgan fingerprint density at radius 1 is 1.26 bits per heavy atom. The molecule has 0 amide bonds. The van der Waals surface area contributed by atoms with Gasteiger partial charge in [-0.1, -0.05) is 12.1 Å². The van der Waals surface area contributed by atoms with Crippen molar-refractivity contribution in [3.05, 3.63) is 24.3 Å². The van der Waals surface area contributed by atoms with Crippen LogP contribution in [0.5, 0.6) is 5.88 Å². The van der Waals surface area contributed by atoms with Crippen LogP contribution in [0.25, 0.3) is 10.9 Å². The van der Waals surface area contributed by atoms with E-state index in [2.05, 4.69) is 15.4 Å². The predicted octanol–water partition coefficient (Wildman–Crippen LogP) is 2.25. The number of benzene rings is 1. The average Bonchev–Trinajstić information content (AvgIpc) is 2.37. The van der Waals surface area contributed by atoms with Crippen LogP contribution >= 0.6 is 0 Å². The van der Waals surface area contributed by atoms with E-state index in [0.29, 0.717) is 10.9 Å². The first-order chi connectivity index (χ1) is 8.91. The van der Waals surface area contributed by atoms with Crippen LogP contribution < -0.4 is 16.0 Å². The number of alkyl halides is 3. The SMILES string of the molecule is CC(Oc1nc(NN)nc2ccccc12)C(F)(F)F. The number of aromatic nitrogens is 2. The summed E-state index contributed by atoms with van der Waals surface area (Å²) in [6, 6.07) is 6.57. The maximum absolute atomic E-state index is 12.5. The normalized spacial score (nSPS) is 13.3. The third-order valence-corrected chi connectivity index (χ3v) is 2.45. The highest BCUT2D eigenvalue weighted by Gasteiger charge is 2.38. The van der Waals surface area contributed by atoms with Gasteiger partial charge in [-0.05, 0) is 19.1 Å². The summed E-state index contributed by atoms with van der Waals surface area (Å²) in [5.41, 5.74) is 2.63. The molecule has 0 spiro atoms. The van der Waals surface area contributed by atoms with E-state index in [1.165, 1.54) is 0 Å². The summed E-state index contributed by atoms with van der Waals surface area (Å²) in [7, 11) is 0. The first-order valence-electron chi connectivity index (χ1n) is 5.38. The molecule has 0 aliphatic carbocycles. The van der Waals surface area contributed by atoms with Crippen LogP contribution in [-0.4, -0.2) is 22.2 Å². The number of anilines is 1. The maximum atomic E-state index is 12.5. The van der Waals surface area contributed by atoms with Gasteiger partial charge in [0, 0.05) is 0 Å². The number of fused-ring (bicyclic) bond motifs is 1. The third kappa shape index (κ3) is 2.84. The summed E-state index contributed by atoms with van der Waals surface area (Å²) >= 11 is 0. The Bertz CT molecular complexity index is 588. The molecule has 19 heavy (non-hydrogen) atoms. The van der Waals surface area contributed by atoms with Crippen molar-refractivity contribution in [1.29, 1.82) is 0 Å². The van der Waals surface area contributed by atoms with E-state index in [1.807, 2.05) is 0 Å². The Morgan fingerprint density at radius 3 is 2.58 bits per heavy atom. The van der Waals surface area contributed by atoms with Gasteiger partial charge in [0.25, 0.3) is 0 Å². The summed E-state index contributed by atoms with van der Waals surface area (Å²) in [6.07, 6.45) is -6.45. The molecule has 5 nitrogen and oxygen atoms in total. The van der Waals surface area contributed by atoms with Crippen molar-refractivity contribution in [2.45, 2.75) is 19.2 Å². The molecule has 8 heteroatoms.